The van der Waals surface area contributed by atoms with Gasteiger partial charge >= 0.3 is 0 Å². The lowest BCUT2D eigenvalue weighted by Crippen LogP contribution is -1.95. The molecule has 7 rings (SSSR count). The Hall–Kier alpha value is -5.10. The SMILES string of the molecule is Cn1c(-c2ccc(-c3ccc(-c4ccc(-c5nc6ccccc6n5C)nc4)cc3)cn2)nc2ccccc21. The molecule has 0 aliphatic heterocycles. The molecule has 6 heteroatoms. The summed E-state index contributed by atoms with van der Waals surface area (Å²) in [6.45, 7) is 0. The molecule has 0 saturated carbocycles. The summed E-state index contributed by atoms with van der Waals surface area (Å²) in [6.07, 6.45) is 3.83. The molecule has 3 aromatic carbocycles. The summed E-state index contributed by atoms with van der Waals surface area (Å²) in [5, 5.41) is 0. The van der Waals surface area contributed by atoms with Gasteiger partial charge in [0.05, 0.1) is 22.1 Å². The lowest BCUT2D eigenvalue weighted by molar-refractivity contribution is 0.950. The van der Waals surface area contributed by atoms with E-state index in [1.807, 2.05) is 75.0 Å². The fourth-order valence-electron chi connectivity index (χ4n) is 5.00. The number of imidazole rings is 2. The van der Waals surface area contributed by atoms with Crippen molar-refractivity contribution < 1.29 is 0 Å². The minimum absolute atomic E-state index is 0.857. The molecule has 6 nitrogen and oxygen atoms in total. The van der Waals surface area contributed by atoms with Gasteiger partial charge in [-0.1, -0.05) is 60.7 Å². The molecule has 0 aliphatic rings. The number of para-hydroxylation sites is 4. The molecule has 0 amide bonds. The topological polar surface area (TPSA) is 61.4 Å². The molecule has 7 aromatic rings. The highest BCUT2D eigenvalue weighted by Crippen LogP contribution is 2.28. The maximum atomic E-state index is 4.76. The predicted octanol–water partition coefficient (Wildman–Crippen LogP) is 6.92. The van der Waals surface area contributed by atoms with E-state index in [0.29, 0.717) is 0 Å². The van der Waals surface area contributed by atoms with Gasteiger partial charge in [0.1, 0.15) is 11.4 Å². The molecule has 0 saturated heterocycles. The van der Waals surface area contributed by atoms with Gasteiger partial charge in [-0.3, -0.25) is 9.97 Å². The van der Waals surface area contributed by atoms with Crippen molar-refractivity contribution in [3.8, 4) is 45.3 Å². The van der Waals surface area contributed by atoms with Crippen LogP contribution < -0.4 is 0 Å². The number of pyridine rings is 2. The quantitative estimate of drug-likeness (QED) is 0.268. The molecule has 0 fully saturated rings. The largest absolute Gasteiger partial charge is 0.326 e. The van der Waals surface area contributed by atoms with Gasteiger partial charge in [0.15, 0.2) is 11.6 Å². The first-order chi connectivity index (χ1) is 18.7. The van der Waals surface area contributed by atoms with Gasteiger partial charge in [0, 0.05) is 37.6 Å². The van der Waals surface area contributed by atoms with Crippen molar-refractivity contribution in [1.29, 1.82) is 0 Å². The van der Waals surface area contributed by atoms with Crippen LogP contribution in [0.1, 0.15) is 0 Å². The Morgan fingerprint density at radius 1 is 0.447 bits per heavy atom. The van der Waals surface area contributed by atoms with Crippen LogP contribution in [0.15, 0.2) is 109 Å². The van der Waals surface area contributed by atoms with Crippen LogP contribution in [0, 0.1) is 0 Å². The zero-order chi connectivity index (χ0) is 25.6. The Morgan fingerprint density at radius 2 is 0.842 bits per heavy atom. The van der Waals surface area contributed by atoms with E-state index >= 15 is 0 Å². The monoisotopic (exact) mass is 492 g/mol. The summed E-state index contributed by atoms with van der Waals surface area (Å²) in [7, 11) is 4.05. The average molecular weight is 493 g/mol. The van der Waals surface area contributed by atoms with E-state index in [2.05, 4.69) is 57.7 Å². The van der Waals surface area contributed by atoms with Crippen LogP contribution in [-0.2, 0) is 14.1 Å². The number of hydrogen-bond acceptors (Lipinski definition) is 4. The first kappa shape index (κ1) is 22.1. The summed E-state index contributed by atoms with van der Waals surface area (Å²) >= 11 is 0. The van der Waals surface area contributed by atoms with E-state index in [-0.39, 0.29) is 0 Å². The van der Waals surface area contributed by atoms with Crippen LogP contribution >= 0.6 is 0 Å². The van der Waals surface area contributed by atoms with Crippen molar-refractivity contribution in [3.05, 3.63) is 109 Å². The van der Waals surface area contributed by atoms with E-state index in [1.54, 1.807) is 0 Å². The van der Waals surface area contributed by atoms with Crippen LogP contribution in [0.25, 0.3) is 67.4 Å². The molecule has 4 aromatic heterocycles. The molecule has 0 unspecified atom stereocenters. The zero-order valence-corrected chi connectivity index (χ0v) is 21.1. The first-order valence-corrected chi connectivity index (χ1v) is 12.5. The van der Waals surface area contributed by atoms with E-state index in [1.165, 1.54) is 0 Å². The lowest BCUT2D eigenvalue weighted by atomic mass is 10.0. The van der Waals surface area contributed by atoms with Gasteiger partial charge in [-0.2, -0.15) is 0 Å². The Morgan fingerprint density at radius 3 is 1.21 bits per heavy atom. The molecule has 0 spiro atoms. The van der Waals surface area contributed by atoms with Crippen molar-refractivity contribution >= 4 is 22.1 Å². The summed E-state index contributed by atoms with van der Waals surface area (Å²) in [6, 6.07) is 33.0. The Balaban J connectivity index is 1.12. The molecule has 4 heterocycles. The minimum atomic E-state index is 0.857. The summed E-state index contributed by atoms with van der Waals surface area (Å²) in [4.78, 5) is 19.0. The number of fused-ring (bicyclic) bond motifs is 2. The third kappa shape index (κ3) is 3.66. The second-order valence-electron chi connectivity index (χ2n) is 9.41. The average Bonchev–Trinajstić information content (AvgIpc) is 3.50. The van der Waals surface area contributed by atoms with Crippen molar-refractivity contribution in [2.75, 3.05) is 0 Å². The number of benzene rings is 3. The van der Waals surface area contributed by atoms with Crippen LogP contribution in [0.4, 0.5) is 0 Å². The zero-order valence-electron chi connectivity index (χ0n) is 21.1. The molecule has 38 heavy (non-hydrogen) atoms. The second kappa shape index (κ2) is 8.78. The predicted molar refractivity (Wildman–Crippen MR) is 152 cm³/mol. The smallest absolute Gasteiger partial charge is 0.159 e. The van der Waals surface area contributed by atoms with E-state index in [9.17, 15) is 0 Å². The van der Waals surface area contributed by atoms with Gasteiger partial charge in [-0.15, -0.1) is 0 Å². The van der Waals surface area contributed by atoms with Crippen LogP contribution in [0.5, 0.6) is 0 Å². The Kier molecular flexibility index (Phi) is 5.11. The third-order valence-electron chi connectivity index (χ3n) is 7.11. The molecule has 182 valence electrons. The minimum Gasteiger partial charge on any atom is -0.326 e. The summed E-state index contributed by atoms with van der Waals surface area (Å²) in [5.74, 6) is 1.73. The lowest BCUT2D eigenvalue weighted by Gasteiger charge is -2.07. The molecular formula is C32H24N6. The number of aryl methyl sites for hydroxylation is 2. The number of nitrogens with zero attached hydrogens (tertiary/aromatic N) is 6. The maximum absolute atomic E-state index is 4.76. The van der Waals surface area contributed by atoms with Crippen LogP contribution in [-0.4, -0.2) is 29.1 Å². The van der Waals surface area contributed by atoms with Crippen molar-refractivity contribution in [2.24, 2.45) is 14.1 Å². The molecule has 0 bridgehead atoms. The molecule has 0 N–H and O–H groups in total. The fraction of sp³-hybridized carbons (Fsp3) is 0.0625. The van der Waals surface area contributed by atoms with Crippen molar-refractivity contribution in [1.82, 2.24) is 29.1 Å². The fourth-order valence-corrected chi connectivity index (χ4v) is 5.00. The summed E-state index contributed by atoms with van der Waals surface area (Å²) in [5.41, 5.74) is 10.2. The van der Waals surface area contributed by atoms with E-state index in [4.69, 9.17) is 19.9 Å². The summed E-state index contributed by atoms with van der Waals surface area (Å²) < 4.78 is 4.17. The van der Waals surface area contributed by atoms with Crippen LogP contribution in [0.3, 0.4) is 0 Å². The Labute approximate surface area is 219 Å². The van der Waals surface area contributed by atoms with E-state index < -0.39 is 0 Å². The standard InChI is InChI=1S/C32H24N6/c1-37-29-9-5-3-7-25(29)35-31(37)27-17-15-23(19-33-27)21-11-13-22(14-12-21)24-16-18-28(34-20-24)32-36-26-8-4-6-10-30(26)38(32)2/h3-20H,1-2H3. The van der Waals surface area contributed by atoms with Crippen LogP contribution in [0.2, 0.25) is 0 Å². The van der Waals surface area contributed by atoms with Gasteiger partial charge in [-0.25, -0.2) is 9.97 Å². The highest BCUT2D eigenvalue weighted by molar-refractivity contribution is 5.81. The number of rotatable bonds is 4. The Bertz CT molecular complexity index is 1770. The van der Waals surface area contributed by atoms with Crippen molar-refractivity contribution in [3.63, 3.8) is 0 Å². The molecular weight excluding hydrogens is 468 g/mol. The first-order valence-electron chi connectivity index (χ1n) is 12.5. The molecule has 0 aliphatic carbocycles. The van der Waals surface area contributed by atoms with Crippen molar-refractivity contribution in [2.45, 2.75) is 0 Å². The molecule has 0 atom stereocenters. The highest BCUT2D eigenvalue weighted by atomic mass is 15.1. The van der Waals surface area contributed by atoms with Gasteiger partial charge < -0.3 is 9.13 Å². The molecule has 0 radical (unpaired) electrons. The van der Waals surface area contributed by atoms with Gasteiger partial charge in [0.2, 0.25) is 0 Å². The van der Waals surface area contributed by atoms with Gasteiger partial charge in [0.25, 0.3) is 0 Å². The maximum Gasteiger partial charge on any atom is 0.159 e. The number of hydrogen-bond donors (Lipinski definition) is 0. The third-order valence-corrected chi connectivity index (χ3v) is 7.11. The van der Waals surface area contributed by atoms with E-state index in [0.717, 1.165) is 67.4 Å². The van der Waals surface area contributed by atoms with Gasteiger partial charge in [-0.05, 0) is 47.5 Å². The number of aromatic nitrogens is 6. The second-order valence-corrected chi connectivity index (χ2v) is 9.41. The highest BCUT2D eigenvalue weighted by Gasteiger charge is 2.12. The normalized spacial score (nSPS) is 11.4.